The van der Waals surface area contributed by atoms with Crippen molar-refractivity contribution < 1.29 is 4.74 Å². The summed E-state index contributed by atoms with van der Waals surface area (Å²) in [6.45, 7) is 7.08. The molecule has 21 heavy (non-hydrogen) atoms. The summed E-state index contributed by atoms with van der Waals surface area (Å²) >= 11 is 0. The van der Waals surface area contributed by atoms with E-state index in [9.17, 15) is 0 Å². The van der Waals surface area contributed by atoms with E-state index in [0.717, 1.165) is 51.9 Å². The van der Waals surface area contributed by atoms with Gasteiger partial charge in [-0.2, -0.15) is 0 Å². The topological polar surface area (TPSA) is 53.5 Å². The molecule has 3 heterocycles. The Labute approximate surface area is 126 Å². The highest BCUT2D eigenvalue weighted by Crippen LogP contribution is 2.18. The van der Waals surface area contributed by atoms with Gasteiger partial charge in [0, 0.05) is 63.7 Å². The zero-order valence-corrected chi connectivity index (χ0v) is 12.7. The molecule has 2 aliphatic rings. The number of anilines is 1. The van der Waals surface area contributed by atoms with Gasteiger partial charge >= 0.3 is 0 Å². The average Bonchev–Trinajstić information content (AvgIpc) is 3.08. The third-order valence-corrected chi connectivity index (χ3v) is 4.57. The van der Waals surface area contributed by atoms with Crippen LogP contribution in [0.2, 0.25) is 0 Å². The molecule has 1 aromatic heterocycles. The molecule has 0 saturated carbocycles. The first-order chi connectivity index (χ1) is 10.4. The van der Waals surface area contributed by atoms with Gasteiger partial charge in [0.1, 0.15) is 0 Å². The number of nitrogens with one attached hydrogen (secondary N) is 1. The molecule has 0 spiro atoms. The Balaban J connectivity index is 1.49. The normalized spacial score (nSPS) is 25.2. The Bertz CT molecular complexity index is 415. The number of likely N-dealkylation sites (N-methyl/N-ethyl adjacent to an activating group) is 1. The van der Waals surface area contributed by atoms with Gasteiger partial charge in [0.05, 0.1) is 6.61 Å². The number of ether oxygens (including phenoxy) is 1. The van der Waals surface area contributed by atoms with Crippen LogP contribution in [-0.2, 0) is 4.74 Å². The van der Waals surface area contributed by atoms with Crippen LogP contribution in [0.25, 0.3) is 0 Å². The van der Waals surface area contributed by atoms with Crippen LogP contribution >= 0.6 is 0 Å². The molecule has 0 aromatic carbocycles. The zero-order valence-electron chi connectivity index (χ0n) is 12.7. The Morgan fingerprint density at radius 2 is 2.05 bits per heavy atom. The highest BCUT2D eigenvalue weighted by molar-refractivity contribution is 5.29. The summed E-state index contributed by atoms with van der Waals surface area (Å²) in [5.74, 6) is 1.51. The minimum absolute atomic E-state index is 0.534. The van der Waals surface area contributed by atoms with E-state index in [2.05, 4.69) is 32.1 Å². The molecule has 2 unspecified atom stereocenters. The van der Waals surface area contributed by atoms with Crippen molar-refractivity contribution in [2.45, 2.75) is 12.5 Å². The monoisotopic (exact) mass is 291 g/mol. The Morgan fingerprint density at radius 3 is 2.67 bits per heavy atom. The first kappa shape index (κ1) is 14.7. The number of rotatable bonds is 5. The summed E-state index contributed by atoms with van der Waals surface area (Å²) < 4.78 is 5.52. The third kappa shape index (κ3) is 3.70. The SMILES string of the molecule is CNC(CN1CCN(c2ncccn2)CC1)C1CCOC1. The third-order valence-electron chi connectivity index (χ3n) is 4.57. The molecule has 2 saturated heterocycles. The number of hydrogen-bond donors (Lipinski definition) is 1. The molecule has 2 aliphatic heterocycles. The van der Waals surface area contributed by atoms with Crippen LogP contribution in [0.5, 0.6) is 0 Å². The molecule has 116 valence electrons. The maximum absolute atomic E-state index is 5.52. The van der Waals surface area contributed by atoms with E-state index >= 15 is 0 Å². The van der Waals surface area contributed by atoms with E-state index in [4.69, 9.17) is 4.74 Å². The molecule has 0 aliphatic carbocycles. The molecule has 1 N–H and O–H groups in total. The van der Waals surface area contributed by atoms with Gasteiger partial charge in [-0.3, -0.25) is 4.90 Å². The van der Waals surface area contributed by atoms with E-state index in [-0.39, 0.29) is 0 Å². The van der Waals surface area contributed by atoms with Crippen molar-refractivity contribution in [1.82, 2.24) is 20.2 Å². The Morgan fingerprint density at radius 1 is 1.29 bits per heavy atom. The van der Waals surface area contributed by atoms with Crippen LogP contribution in [0.3, 0.4) is 0 Å². The summed E-state index contributed by atoms with van der Waals surface area (Å²) in [6.07, 6.45) is 4.81. The van der Waals surface area contributed by atoms with Crippen molar-refractivity contribution in [1.29, 1.82) is 0 Å². The van der Waals surface area contributed by atoms with Crippen molar-refractivity contribution in [2.75, 3.05) is 57.9 Å². The van der Waals surface area contributed by atoms with E-state index < -0.39 is 0 Å². The molecule has 0 amide bonds. The largest absolute Gasteiger partial charge is 0.381 e. The number of hydrogen-bond acceptors (Lipinski definition) is 6. The average molecular weight is 291 g/mol. The van der Waals surface area contributed by atoms with Crippen molar-refractivity contribution in [3.8, 4) is 0 Å². The van der Waals surface area contributed by atoms with Crippen molar-refractivity contribution in [3.63, 3.8) is 0 Å². The minimum Gasteiger partial charge on any atom is -0.381 e. The summed E-state index contributed by atoms with van der Waals surface area (Å²) in [7, 11) is 2.07. The smallest absolute Gasteiger partial charge is 0.225 e. The minimum atomic E-state index is 0.534. The quantitative estimate of drug-likeness (QED) is 0.838. The van der Waals surface area contributed by atoms with Crippen molar-refractivity contribution >= 4 is 5.95 Å². The second kappa shape index (κ2) is 7.15. The molecular weight excluding hydrogens is 266 g/mol. The molecular formula is C15H25N5O. The molecule has 6 heteroatoms. The van der Waals surface area contributed by atoms with Gasteiger partial charge in [0.2, 0.25) is 5.95 Å². The van der Waals surface area contributed by atoms with Crippen LogP contribution in [0, 0.1) is 5.92 Å². The standard InChI is InChI=1S/C15H25N5O/c1-16-14(13-3-10-21-12-13)11-19-6-8-20(9-7-19)15-17-4-2-5-18-15/h2,4-5,13-14,16H,3,6-12H2,1H3. The van der Waals surface area contributed by atoms with Crippen molar-refractivity contribution in [3.05, 3.63) is 18.5 Å². The fraction of sp³-hybridized carbons (Fsp3) is 0.733. The predicted octanol–water partition coefficient (Wildman–Crippen LogP) is 0.223. The molecule has 6 nitrogen and oxygen atoms in total. The summed E-state index contributed by atoms with van der Waals surface area (Å²) in [4.78, 5) is 13.5. The first-order valence-corrected chi connectivity index (χ1v) is 7.86. The maximum Gasteiger partial charge on any atom is 0.225 e. The molecule has 2 fully saturated rings. The molecule has 0 bridgehead atoms. The van der Waals surface area contributed by atoms with E-state index in [1.807, 2.05) is 18.5 Å². The van der Waals surface area contributed by atoms with Gasteiger partial charge in [-0.25, -0.2) is 9.97 Å². The summed E-state index contributed by atoms with van der Waals surface area (Å²) in [5, 5.41) is 3.47. The second-order valence-corrected chi connectivity index (χ2v) is 5.86. The fourth-order valence-corrected chi connectivity index (χ4v) is 3.21. The Hall–Kier alpha value is -1.24. The van der Waals surface area contributed by atoms with Gasteiger partial charge in [-0.1, -0.05) is 0 Å². The van der Waals surface area contributed by atoms with Crippen LogP contribution in [0.1, 0.15) is 6.42 Å². The fourth-order valence-electron chi connectivity index (χ4n) is 3.21. The van der Waals surface area contributed by atoms with Gasteiger partial charge in [0.15, 0.2) is 0 Å². The number of aromatic nitrogens is 2. The van der Waals surface area contributed by atoms with E-state index in [1.54, 1.807) is 0 Å². The van der Waals surface area contributed by atoms with Crippen LogP contribution in [0.15, 0.2) is 18.5 Å². The van der Waals surface area contributed by atoms with Crippen LogP contribution in [-0.4, -0.2) is 73.9 Å². The van der Waals surface area contributed by atoms with E-state index in [1.165, 1.54) is 6.42 Å². The van der Waals surface area contributed by atoms with Crippen molar-refractivity contribution in [2.24, 2.45) is 5.92 Å². The Kier molecular flexibility index (Phi) is 5.00. The van der Waals surface area contributed by atoms with Gasteiger partial charge < -0.3 is 15.0 Å². The highest BCUT2D eigenvalue weighted by atomic mass is 16.5. The van der Waals surface area contributed by atoms with Gasteiger partial charge in [-0.05, 0) is 19.5 Å². The van der Waals surface area contributed by atoms with Gasteiger partial charge in [-0.15, -0.1) is 0 Å². The lowest BCUT2D eigenvalue weighted by Crippen LogP contribution is -2.52. The van der Waals surface area contributed by atoms with Crippen LogP contribution in [0.4, 0.5) is 5.95 Å². The van der Waals surface area contributed by atoms with Gasteiger partial charge in [0.25, 0.3) is 0 Å². The van der Waals surface area contributed by atoms with E-state index in [0.29, 0.717) is 12.0 Å². The lowest BCUT2D eigenvalue weighted by atomic mass is 9.98. The second-order valence-electron chi connectivity index (χ2n) is 5.86. The maximum atomic E-state index is 5.52. The lowest BCUT2D eigenvalue weighted by molar-refractivity contribution is 0.160. The highest BCUT2D eigenvalue weighted by Gasteiger charge is 2.27. The molecule has 0 radical (unpaired) electrons. The summed E-state index contributed by atoms with van der Waals surface area (Å²) in [6, 6.07) is 2.40. The molecule has 1 aromatic rings. The first-order valence-electron chi connectivity index (χ1n) is 7.86. The zero-order chi connectivity index (χ0) is 14.5. The molecule has 2 atom stereocenters. The number of nitrogens with zero attached hydrogens (tertiary/aromatic N) is 4. The van der Waals surface area contributed by atoms with Crippen LogP contribution < -0.4 is 10.2 Å². The summed E-state index contributed by atoms with van der Waals surface area (Å²) in [5.41, 5.74) is 0. The number of piperazine rings is 1. The predicted molar refractivity (Wildman–Crippen MR) is 82.5 cm³/mol. The molecule has 3 rings (SSSR count). The lowest BCUT2D eigenvalue weighted by Gasteiger charge is -2.37.